The Hall–Kier alpha value is -2.15. The first kappa shape index (κ1) is 13.3. The lowest BCUT2D eigenvalue weighted by atomic mass is 10.2. The van der Waals surface area contributed by atoms with Gasteiger partial charge in [0, 0.05) is 20.1 Å². The highest BCUT2D eigenvalue weighted by Gasteiger charge is 2.23. The van der Waals surface area contributed by atoms with Crippen molar-refractivity contribution < 1.29 is 14.3 Å². The van der Waals surface area contributed by atoms with Crippen LogP contribution in [0.2, 0.25) is 0 Å². The van der Waals surface area contributed by atoms with Crippen LogP contribution in [-0.4, -0.2) is 54.5 Å². The third-order valence-electron chi connectivity index (χ3n) is 2.84. The molecule has 2 heterocycles. The van der Waals surface area contributed by atoms with Gasteiger partial charge in [0.2, 0.25) is 5.91 Å². The van der Waals surface area contributed by atoms with Crippen LogP contribution in [0.15, 0.2) is 18.2 Å². The van der Waals surface area contributed by atoms with E-state index in [0.717, 1.165) is 0 Å². The second-order valence-corrected chi connectivity index (χ2v) is 4.36. The first-order valence-corrected chi connectivity index (χ1v) is 5.92. The number of likely N-dealkylation sites (N-methyl/N-ethyl adjacent to an activating group) is 1. The van der Waals surface area contributed by atoms with Crippen LogP contribution in [0.4, 0.5) is 5.82 Å². The summed E-state index contributed by atoms with van der Waals surface area (Å²) in [7, 11) is 1.71. The van der Waals surface area contributed by atoms with E-state index >= 15 is 0 Å². The van der Waals surface area contributed by atoms with Gasteiger partial charge >= 0.3 is 0 Å². The van der Waals surface area contributed by atoms with E-state index in [1.54, 1.807) is 30.1 Å². The van der Waals surface area contributed by atoms with Gasteiger partial charge in [0.1, 0.15) is 18.1 Å². The molecule has 1 fully saturated rings. The second kappa shape index (κ2) is 5.66. The molecule has 0 bridgehead atoms. The monoisotopic (exact) mass is 264 g/mol. The van der Waals surface area contributed by atoms with Gasteiger partial charge in [-0.15, -0.1) is 0 Å². The summed E-state index contributed by atoms with van der Waals surface area (Å²) in [5, 5.41) is 2.71. The average molecular weight is 264 g/mol. The number of nitrogen functional groups attached to an aromatic ring is 1. The quantitative estimate of drug-likeness (QED) is 0.748. The molecule has 3 N–H and O–H groups in total. The molecular weight excluding hydrogens is 248 g/mol. The molecule has 0 spiro atoms. The highest BCUT2D eigenvalue weighted by molar-refractivity contribution is 5.92. The Labute approximate surface area is 110 Å². The third kappa shape index (κ3) is 3.41. The highest BCUT2D eigenvalue weighted by atomic mass is 16.5. The number of amides is 2. The lowest BCUT2D eigenvalue weighted by molar-refractivity contribution is -0.146. The first-order valence-electron chi connectivity index (χ1n) is 5.92. The summed E-state index contributed by atoms with van der Waals surface area (Å²) < 4.78 is 5.32. The van der Waals surface area contributed by atoms with Crippen LogP contribution in [-0.2, 0) is 9.53 Å². The molecule has 1 aromatic heterocycles. The van der Waals surface area contributed by atoms with Crippen LogP contribution in [0.5, 0.6) is 0 Å². The van der Waals surface area contributed by atoms with Crippen molar-refractivity contribution in [1.82, 2.24) is 15.2 Å². The number of carbonyl (C=O) groups is 2. The van der Waals surface area contributed by atoms with Crippen molar-refractivity contribution in [1.29, 1.82) is 0 Å². The highest BCUT2D eigenvalue weighted by Crippen LogP contribution is 2.04. The van der Waals surface area contributed by atoms with Crippen molar-refractivity contribution in [2.45, 2.75) is 6.10 Å². The van der Waals surface area contributed by atoms with Crippen LogP contribution in [0.25, 0.3) is 0 Å². The standard InChI is InChI=1S/C12H16N4O3/c1-16-6-8(19-7-11(16)17)5-14-12(18)9-3-2-4-10(13)15-9/h2-4,8H,5-7H2,1H3,(H2,13,15)(H,14,18)/t8-/m0/s1. The van der Waals surface area contributed by atoms with E-state index < -0.39 is 0 Å². The van der Waals surface area contributed by atoms with Gasteiger partial charge in [0.15, 0.2) is 0 Å². The van der Waals surface area contributed by atoms with Crippen LogP contribution in [0, 0.1) is 0 Å². The third-order valence-corrected chi connectivity index (χ3v) is 2.84. The van der Waals surface area contributed by atoms with E-state index in [1.165, 1.54) is 0 Å². The molecule has 2 amide bonds. The zero-order valence-electron chi connectivity index (χ0n) is 10.6. The zero-order chi connectivity index (χ0) is 13.8. The molecule has 102 valence electrons. The summed E-state index contributed by atoms with van der Waals surface area (Å²) in [5.74, 6) is -0.0672. The van der Waals surface area contributed by atoms with Gasteiger partial charge in [-0.05, 0) is 12.1 Å². The van der Waals surface area contributed by atoms with Crippen molar-refractivity contribution in [2.75, 3.05) is 32.5 Å². The maximum atomic E-state index is 11.8. The Bertz CT molecular complexity index is 492. The Morgan fingerprint density at radius 2 is 2.42 bits per heavy atom. The molecule has 2 rings (SSSR count). The lowest BCUT2D eigenvalue weighted by Crippen LogP contribution is -2.48. The minimum atomic E-state index is -0.310. The van der Waals surface area contributed by atoms with Gasteiger partial charge in [-0.25, -0.2) is 4.98 Å². The number of hydrogen-bond donors (Lipinski definition) is 2. The summed E-state index contributed by atoms with van der Waals surface area (Å²) in [6.45, 7) is 0.837. The van der Waals surface area contributed by atoms with Gasteiger partial charge in [-0.3, -0.25) is 9.59 Å². The summed E-state index contributed by atoms with van der Waals surface area (Å²) in [6, 6.07) is 4.87. The van der Waals surface area contributed by atoms with Crippen molar-refractivity contribution in [3.05, 3.63) is 23.9 Å². The molecule has 0 saturated carbocycles. The van der Waals surface area contributed by atoms with E-state index in [1.807, 2.05) is 0 Å². The van der Waals surface area contributed by atoms with Gasteiger partial charge in [-0.2, -0.15) is 0 Å². The van der Waals surface area contributed by atoms with E-state index in [0.29, 0.717) is 18.9 Å². The van der Waals surface area contributed by atoms with Crippen LogP contribution in [0.3, 0.4) is 0 Å². The summed E-state index contributed by atoms with van der Waals surface area (Å²) >= 11 is 0. The molecule has 19 heavy (non-hydrogen) atoms. The number of nitrogens with two attached hydrogens (primary N) is 1. The van der Waals surface area contributed by atoms with E-state index in [4.69, 9.17) is 10.5 Å². The minimum Gasteiger partial charge on any atom is -0.384 e. The molecule has 1 aliphatic heterocycles. The van der Waals surface area contributed by atoms with Crippen LogP contribution >= 0.6 is 0 Å². The van der Waals surface area contributed by atoms with E-state index in [2.05, 4.69) is 10.3 Å². The number of carbonyl (C=O) groups excluding carboxylic acids is 2. The smallest absolute Gasteiger partial charge is 0.270 e. The Kier molecular flexibility index (Phi) is 3.96. The fourth-order valence-corrected chi connectivity index (χ4v) is 1.76. The number of aromatic nitrogens is 1. The largest absolute Gasteiger partial charge is 0.384 e. The van der Waals surface area contributed by atoms with Crippen molar-refractivity contribution >= 4 is 17.6 Å². The minimum absolute atomic E-state index is 0.0492. The molecule has 0 aliphatic carbocycles. The number of anilines is 1. The van der Waals surface area contributed by atoms with Crippen molar-refractivity contribution in [3.8, 4) is 0 Å². The summed E-state index contributed by atoms with van der Waals surface area (Å²) in [4.78, 5) is 28.6. The predicted molar refractivity (Wildman–Crippen MR) is 68.4 cm³/mol. The predicted octanol–water partition coefficient (Wildman–Crippen LogP) is -0.749. The number of nitrogens with zero attached hydrogens (tertiary/aromatic N) is 2. The second-order valence-electron chi connectivity index (χ2n) is 4.36. The molecule has 0 aromatic carbocycles. The lowest BCUT2D eigenvalue weighted by Gasteiger charge is -2.29. The molecule has 7 heteroatoms. The number of rotatable bonds is 3. The van der Waals surface area contributed by atoms with Gasteiger partial charge < -0.3 is 20.7 Å². The molecule has 1 aromatic rings. The Morgan fingerprint density at radius 1 is 1.63 bits per heavy atom. The molecule has 1 atom stereocenters. The van der Waals surface area contributed by atoms with Gasteiger partial charge in [0.25, 0.3) is 5.91 Å². The van der Waals surface area contributed by atoms with Crippen molar-refractivity contribution in [3.63, 3.8) is 0 Å². The molecule has 7 nitrogen and oxygen atoms in total. The van der Waals surface area contributed by atoms with E-state index in [9.17, 15) is 9.59 Å². The van der Waals surface area contributed by atoms with Gasteiger partial charge in [-0.1, -0.05) is 6.07 Å². The van der Waals surface area contributed by atoms with Crippen LogP contribution < -0.4 is 11.1 Å². The number of hydrogen-bond acceptors (Lipinski definition) is 5. The maximum absolute atomic E-state index is 11.8. The topological polar surface area (TPSA) is 97.6 Å². The SMILES string of the molecule is CN1C[C@H](CNC(=O)c2cccc(N)n2)OCC1=O. The number of ether oxygens (including phenoxy) is 1. The zero-order valence-corrected chi connectivity index (χ0v) is 10.6. The molecular formula is C12H16N4O3. The Balaban J connectivity index is 1.85. The normalized spacial score (nSPS) is 19.3. The number of pyridine rings is 1. The van der Waals surface area contributed by atoms with Crippen molar-refractivity contribution in [2.24, 2.45) is 0 Å². The average Bonchev–Trinajstić information content (AvgIpc) is 2.40. The van der Waals surface area contributed by atoms with Gasteiger partial charge in [0.05, 0.1) is 6.10 Å². The summed E-state index contributed by atoms with van der Waals surface area (Å²) in [5.41, 5.74) is 5.77. The molecule has 1 aliphatic rings. The van der Waals surface area contributed by atoms with E-state index in [-0.39, 0.29) is 30.2 Å². The summed E-state index contributed by atoms with van der Waals surface area (Å²) in [6.07, 6.45) is -0.201. The fraction of sp³-hybridized carbons (Fsp3) is 0.417. The fourth-order valence-electron chi connectivity index (χ4n) is 1.76. The molecule has 0 unspecified atom stereocenters. The Morgan fingerprint density at radius 3 is 3.11 bits per heavy atom. The molecule has 1 saturated heterocycles. The first-order chi connectivity index (χ1) is 9.06. The molecule has 0 radical (unpaired) electrons. The maximum Gasteiger partial charge on any atom is 0.270 e. The number of morpholine rings is 1. The van der Waals surface area contributed by atoms with Crippen LogP contribution in [0.1, 0.15) is 10.5 Å². The number of nitrogens with one attached hydrogen (secondary N) is 1.